The molecule has 19 heavy (non-hydrogen) atoms. The number of halogens is 1. The van der Waals surface area contributed by atoms with Crippen molar-refractivity contribution < 1.29 is 8.60 Å². The lowest BCUT2D eigenvalue weighted by atomic mass is 9.84. The summed E-state index contributed by atoms with van der Waals surface area (Å²) in [5.41, 5.74) is 0. The summed E-state index contributed by atoms with van der Waals surface area (Å²) in [4.78, 5) is 0.739. The molecule has 0 spiro atoms. The zero-order valence-corrected chi connectivity index (χ0v) is 12.4. The lowest BCUT2D eigenvalue weighted by molar-refractivity contribution is 0.301. The van der Waals surface area contributed by atoms with Gasteiger partial charge in [-0.1, -0.05) is 13.3 Å². The van der Waals surface area contributed by atoms with E-state index in [1.165, 1.54) is 18.6 Å². The molecule has 0 saturated heterocycles. The van der Waals surface area contributed by atoms with Gasteiger partial charge >= 0.3 is 0 Å². The van der Waals surface area contributed by atoms with Gasteiger partial charge in [-0.2, -0.15) is 0 Å². The summed E-state index contributed by atoms with van der Waals surface area (Å²) in [5, 5.41) is 3.43. The molecule has 0 aliphatic heterocycles. The molecule has 0 amide bonds. The molecule has 1 aromatic rings. The third-order valence-electron chi connectivity index (χ3n) is 4.17. The Bertz CT molecular complexity index is 434. The van der Waals surface area contributed by atoms with E-state index in [2.05, 4.69) is 12.2 Å². The van der Waals surface area contributed by atoms with Crippen LogP contribution < -0.4 is 5.32 Å². The fourth-order valence-electron chi connectivity index (χ4n) is 2.89. The molecule has 4 atom stereocenters. The van der Waals surface area contributed by atoms with E-state index in [4.69, 9.17) is 0 Å². The van der Waals surface area contributed by atoms with Crippen LogP contribution in [0.5, 0.6) is 0 Å². The van der Waals surface area contributed by atoms with Crippen LogP contribution in [0.15, 0.2) is 29.2 Å². The van der Waals surface area contributed by atoms with Crippen molar-refractivity contribution >= 4 is 10.8 Å². The van der Waals surface area contributed by atoms with Gasteiger partial charge in [-0.3, -0.25) is 4.21 Å². The van der Waals surface area contributed by atoms with Crippen molar-refractivity contribution in [2.45, 2.75) is 48.8 Å². The maximum Gasteiger partial charge on any atom is 0.123 e. The SMILES string of the molecule is CCC1CCC(NC)C(S(=O)c2ccc(F)cc2)C1. The largest absolute Gasteiger partial charge is 0.316 e. The molecule has 1 aliphatic rings. The molecule has 106 valence electrons. The zero-order chi connectivity index (χ0) is 13.8. The van der Waals surface area contributed by atoms with Crippen LogP contribution in [-0.4, -0.2) is 22.5 Å². The van der Waals surface area contributed by atoms with Crippen LogP contribution in [0.2, 0.25) is 0 Å². The van der Waals surface area contributed by atoms with Crippen LogP contribution in [0, 0.1) is 11.7 Å². The molecule has 0 aromatic heterocycles. The van der Waals surface area contributed by atoms with Crippen molar-refractivity contribution in [2.24, 2.45) is 5.92 Å². The maximum absolute atomic E-state index is 12.9. The second-order valence-corrected chi connectivity index (χ2v) is 6.94. The van der Waals surface area contributed by atoms with Gasteiger partial charge < -0.3 is 5.32 Å². The van der Waals surface area contributed by atoms with E-state index in [0.717, 1.165) is 24.2 Å². The molecular weight excluding hydrogens is 261 g/mol. The zero-order valence-electron chi connectivity index (χ0n) is 11.6. The van der Waals surface area contributed by atoms with Gasteiger partial charge in [-0.25, -0.2) is 4.39 Å². The molecule has 1 N–H and O–H groups in total. The second kappa shape index (κ2) is 6.62. The Morgan fingerprint density at radius 3 is 2.58 bits per heavy atom. The molecule has 4 heteroatoms. The van der Waals surface area contributed by atoms with Gasteiger partial charge in [0.15, 0.2) is 0 Å². The highest BCUT2D eigenvalue weighted by Crippen LogP contribution is 2.32. The molecule has 1 aromatic carbocycles. The molecule has 1 aliphatic carbocycles. The Balaban J connectivity index is 2.16. The first-order valence-electron chi connectivity index (χ1n) is 6.99. The predicted octanol–water partition coefficient (Wildman–Crippen LogP) is 3.10. The van der Waals surface area contributed by atoms with E-state index < -0.39 is 10.8 Å². The van der Waals surface area contributed by atoms with E-state index in [0.29, 0.717) is 12.0 Å². The molecular formula is C15H22FNOS. The highest BCUT2D eigenvalue weighted by atomic mass is 32.2. The summed E-state index contributed by atoms with van der Waals surface area (Å²) in [6.45, 7) is 2.20. The van der Waals surface area contributed by atoms with Crippen molar-refractivity contribution in [3.8, 4) is 0 Å². The molecule has 0 bridgehead atoms. The number of hydrogen-bond acceptors (Lipinski definition) is 2. The van der Waals surface area contributed by atoms with Gasteiger partial charge in [-0.15, -0.1) is 0 Å². The first kappa shape index (κ1) is 14.7. The van der Waals surface area contributed by atoms with Crippen molar-refractivity contribution in [3.63, 3.8) is 0 Å². The van der Waals surface area contributed by atoms with Crippen LogP contribution in [0.3, 0.4) is 0 Å². The first-order valence-corrected chi connectivity index (χ1v) is 8.20. The molecule has 1 saturated carbocycles. The van der Waals surface area contributed by atoms with Gasteiger partial charge in [0, 0.05) is 10.9 Å². The monoisotopic (exact) mass is 283 g/mol. The smallest absolute Gasteiger partial charge is 0.123 e. The van der Waals surface area contributed by atoms with Crippen LogP contribution in [0.4, 0.5) is 4.39 Å². The van der Waals surface area contributed by atoms with Gasteiger partial charge in [0.25, 0.3) is 0 Å². The Kier molecular flexibility index (Phi) is 5.11. The minimum Gasteiger partial charge on any atom is -0.316 e. The Hall–Kier alpha value is -0.740. The van der Waals surface area contributed by atoms with Gasteiger partial charge in [0.1, 0.15) is 5.82 Å². The van der Waals surface area contributed by atoms with Gasteiger partial charge in [0.2, 0.25) is 0 Å². The van der Waals surface area contributed by atoms with Gasteiger partial charge in [0.05, 0.1) is 16.0 Å². The van der Waals surface area contributed by atoms with E-state index in [1.54, 1.807) is 12.1 Å². The fraction of sp³-hybridized carbons (Fsp3) is 0.600. The molecule has 2 rings (SSSR count). The highest BCUT2D eigenvalue weighted by Gasteiger charge is 2.33. The summed E-state index contributed by atoms with van der Waals surface area (Å²) < 4.78 is 25.6. The standard InChI is InChI=1S/C15H22FNOS/c1-3-11-4-9-14(17-2)15(10-11)19(18)13-7-5-12(16)6-8-13/h5-8,11,14-15,17H,3-4,9-10H2,1-2H3. The third-order valence-corrected chi connectivity index (χ3v) is 5.98. The Morgan fingerprint density at radius 1 is 1.32 bits per heavy atom. The van der Waals surface area contributed by atoms with Crippen molar-refractivity contribution in [1.82, 2.24) is 5.32 Å². The molecule has 4 unspecified atom stereocenters. The summed E-state index contributed by atoms with van der Waals surface area (Å²) >= 11 is 0. The quantitative estimate of drug-likeness (QED) is 0.920. The van der Waals surface area contributed by atoms with Crippen LogP contribution in [0.25, 0.3) is 0 Å². The Labute approximate surface area is 117 Å². The topological polar surface area (TPSA) is 29.1 Å². The second-order valence-electron chi connectivity index (χ2n) is 5.27. The van der Waals surface area contributed by atoms with Gasteiger partial charge in [-0.05, 0) is 56.5 Å². The molecule has 1 fully saturated rings. The first-order chi connectivity index (χ1) is 9.15. The summed E-state index contributed by atoms with van der Waals surface area (Å²) in [5.74, 6) is 0.389. The summed E-state index contributed by atoms with van der Waals surface area (Å²) in [7, 11) is 0.877. The molecule has 0 heterocycles. The third kappa shape index (κ3) is 3.42. The van der Waals surface area contributed by atoms with Crippen molar-refractivity contribution in [2.75, 3.05) is 7.05 Å². The van der Waals surface area contributed by atoms with E-state index >= 15 is 0 Å². The normalized spacial score (nSPS) is 29.1. The lowest BCUT2D eigenvalue weighted by Gasteiger charge is -2.35. The lowest BCUT2D eigenvalue weighted by Crippen LogP contribution is -2.44. The Morgan fingerprint density at radius 2 is 2.00 bits per heavy atom. The average molecular weight is 283 g/mol. The number of benzene rings is 1. The number of rotatable bonds is 4. The number of hydrogen-bond donors (Lipinski definition) is 1. The minimum atomic E-state index is -1.06. The summed E-state index contributed by atoms with van der Waals surface area (Å²) in [6, 6.07) is 6.37. The minimum absolute atomic E-state index is 0.133. The fourth-order valence-corrected chi connectivity index (χ4v) is 4.66. The maximum atomic E-state index is 12.9. The van der Waals surface area contributed by atoms with Crippen LogP contribution >= 0.6 is 0 Å². The van der Waals surface area contributed by atoms with E-state index in [-0.39, 0.29) is 11.1 Å². The van der Waals surface area contributed by atoms with Crippen LogP contribution in [0.1, 0.15) is 32.6 Å². The van der Waals surface area contributed by atoms with Crippen molar-refractivity contribution in [1.29, 1.82) is 0 Å². The summed E-state index contributed by atoms with van der Waals surface area (Å²) in [6.07, 6.45) is 4.42. The van der Waals surface area contributed by atoms with Crippen LogP contribution in [-0.2, 0) is 10.8 Å². The average Bonchev–Trinajstić information content (AvgIpc) is 2.46. The predicted molar refractivity (Wildman–Crippen MR) is 77.1 cm³/mol. The molecule has 2 nitrogen and oxygen atoms in total. The number of nitrogens with one attached hydrogen (secondary N) is 1. The van der Waals surface area contributed by atoms with E-state index in [1.807, 2.05) is 7.05 Å². The highest BCUT2D eigenvalue weighted by molar-refractivity contribution is 7.85. The van der Waals surface area contributed by atoms with Crippen molar-refractivity contribution in [3.05, 3.63) is 30.1 Å². The molecule has 0 radical (unpaired) electrons. The van der Waals surface area contributed by atoms with E-state index in [9.17, 15) is 8.60 Å².